The quantitative estimate of drug-likeness (QED) is 0.569. The summed E-state index contributed by atoms with van der Waals surface area (Å²) in [4.78, 5) is 11.0. The van der Waals surface area contributed by atoms with Gasteiger partial charge in [0, 0.05) is 31.0 Å². The van der Waals surface area contributed by atoms with E-state index in [4.69, 9.17) is 4.74 Å². The molecule has 0 amide bonds. The number of hydrogen-bond donors (Lipinski definition) is 0. The van der Waals surface area contributed by atoms with Gasteiger partial charge in [0.2, 0.25) is 0 Å². The zero-order valence-corrected chi connectivity index (χ0v) is 15.4. The lowest BCUT2D eigenvalue weighted by Gasteiger charge is -2.11. The summed E-state index contributed by atoms with van der Waals surface area (Å²) in [5.74, 6) is 1.93. The average molecular weight is 332 g/mol. The van der Waals surface area contributed by atoms with Crippen molar-refractivity contribution in [2.24, 2.45) is 4.99 Å². The van der Waals surface area contributed by atoms with Gasteiger partial charge in [-0.05, 0) is 44.0 Å². The van der Waals surface area contributed by atoms with E-state index in [0.717, 1.165) is 34.9 Å². The first kappa shape index (κ1) is 17.4. The summed E-state index contributed by atoms with van der Waals surface area (Å²) in [6.07, 6.45) is 1.85. The lowest BCUT2D eigenvalue weighted by Crippen LogP contribution is -2.14. The summed E-state index contributed by atoms with van der Waals surface area (Å²) >= 11 is 1.29. The Kier molecular flexibility index (Phi) is 5.71. The molecule has 23 heavy (non-hydrogen) atoms. The normalized spacial score (nSPS) is 11.4. The van der Waals surface area contributed by atoms with Crippen molar-refractivity contribution >= 4 is 23.6 Å². The molecule has 0 fully saturated rings. The van der Waals surface area contributed by atoms with E-state index in [1.807, 2.05) is 44.3 Å². The molecule has 0 bridgehead atoms. The smallest absolute Gasteiger partial charge is 0.298 e. The van der Waals surface area contributed by atoms with E-state index in [2.05, 4.69) is 35.1 Å². The predicted octanol–water partition coefficient (Wildman–Crippen LogP) is 4.68. The number of aromatic nitrogens is 2. The van der Waals surface area contributed by atoms with Gasteiger partial charge in [0.1, 0.15) is 11.6 Å². The van der Waals surface area contributed by atoms with E-state index in [9.17, 15) is 0 Å². The molecule has 2 rings (SSSR count). The molecule has 0 N–H and O–H groups in total. The van der Waals surface area contributed by atoms with Crippen LogP contribution in [0.3, 0.4) is 0 Å². The Hall–Kier alpha value is -1.95. The average Bonchev–Trinajstić information content (AvgIpc) is 2.97. The van der Waals surface area contributed by atoms with E-state index < -0.39 is 0 Å². The third-order valence-corrected chi connectivity index (χ3v) is 4.13. The van der Waals surface area contributed by atoms with E-state index in [1.54, 1.807) is 0 Å². The number of rotatable bonds is 6. The van der Waals surface area contributed by atoms with Gasteiger partial charge in [0.05, 0.1) is 12.0 Å². The van der Waals surface area contributed by atoms with Crippen molar-refractivity contribution in [2.75, 3.05) is 13.6 Å². The van der Waals surface area contributed by atoms with Crippen LogP contribution in [0, 0.1) is 13.8 Å². The van der Waals surface area contributed by atoms with E-state index >= 15 is 0 Å². The molecular weight excluding hydrogens is 308 g/mol. The number of aliphatic imine (C=N–C) groups is 1. The van der Waals surface area contributed by atoms with Crippen LogP contribution in [0.15, 0.2) is 17.1 Å². The topological polar surface area (TPSA) is 50.6 Å². The highest BCUT2D eigenvalue weighted by atomic mass is 32.1. The van der Waals surface area contributed by atoms with Crippen LogP contribution >= 0.6 is 11.5 Å². The summed E-state index contributed by atoms with van der Waals surface area (Å²) in [6.45, 7) is 11.2. The minimum Gasteiger partial charge on any atom is -0.430 e. The Balaban J connectivity index is 2.20. The molecule has 124 valence electrons. The van der Waals surface area contributed by atoms with E-state index in [1.165, 1.54) is 11.5 Å². The monoisotopic (exact) mass is 332 g/mol. The largest absolute Gasteiger partial charge is 0.430 e. The van der Waals surface area contributed by atoms with Gasteiger partial charge in [0.25, 0.3) is 5.19 Å². The fourth-order valence-electron chi connectivity index (χ4n) is 1.86. The summed E-state index contributed by atoms with van der Waals surface area (Å²) in [7, 11) is 2.00. The maximum atomic E-state index is 5.91. The SMILES string of the molecule is CCN(C)/C=N/c1cc(C)c(Oc2nc(C(C)C)ns2)cc1C. The molecule has 2 aromatic rings. The maximum Gasteiger partial charge on any atom is 0.298 e. The van der Waals surface area contributed by atoms with Gasteiger partial charge < -0.3 is 9.64 Å². The molecule has 1 aromatic carbocycles. The Labute approximate surface area is 142 Å². The third-order valence-electron chi connectivity index (χ3n) is 3.52. The minimum absolute atomic E-state index is 0.304. The minimum atomic E-state index is 0.304. The number of nitrogens with zero attached hydrogens (tertiary/aromatic N) is 4. The first-order valence-corrected chi connectivity index (χ1v) is 8.55. The predicted molar refractivity (Wildman–Crippen MR) is 96.4 cm³/mol. The summed E-state index contributed by atoms with van der Waals surface area (Å²) in [5.41, 5.74) is 3.05. The van der Waals surface area contributed by atoms with Gasteiger partial charge in [-0.1, -0.05) is 13.8 Å². The van der Waals surface area contributed by atoms with Gasteiger partial charge in [0.15, 0.2) is 0 Å². The molecule has 5 nitrogen and oxygen atoms in total. The Morgan fingerprint density at radius 2 is 2.04 bits per heavy atom. The fourth-order valence-corrected chi connectivity index (χ4v) is 2.54. The molecule has 0 aliphatic heterocycles. The van der Waals surface area contributed by atoms with Crippen LogP contribution in [0.25, 0.3) is 0 Å². The molecule has 0 spiro atoms. The second kappa shape index (κ2) is 7.55. The standard InChI is InChI=1S/C17H24N4OS/c1-7-21(6)10-18-14-8-13(5)15(9-12(14)4)22-17-19-16(11(2)3)20-23-17/h8-11H,7H2,1-6H3/b18-10+. The highest BCUT2D eigenvalue weighted by Gasteiger charge is 2.12. The van der Waals surface area contributed by atoms with Crippen molar-refractivity contribution in [1.82, 2.24) is 14.3 Å². The van der Waals surface area contributed by atoms with Crippen molar-refractivity contribution in [3.63, 3.8) is 0 Å². The lowest BCUT2D eigenvalue weighted by atomic mass is 10.1. The molecule has 6 heteroatoms. The van der Waals surface area contributed by atoms with Crippen LogP contribution in [0.5, 0.6) is 10.9 Å². The van der Waals surface area contributed by atoms with Gasteiger partial charge in [-0.2, -0.15) is 9.36 Å². The summed E-state index contributed by atoms with van der Waals surface area (Å²) in [6, 6.07) is 4.04. The van der Waals surface area contributed by atoms with Gasteiger partial charge in [-0.15, -0.1) is 0 Å². The Morgan fingerprint density at radius 1 is 1.30 bits per heavy atom. The lowest BCUT2D eigenvalue weighted by molar-refractivity contribution is 0.472. The highest BCUT2D eigenvalue weighted by molar-refractivity contribution is 7.07. The zero-order valence-electron chi connectivity index (χ0n) is 14.6. The van der Waals surface area contributed by atoms with Crippen molar-refractivity contribution in [3.05, 3.63) is 29.1 Å². The molecule has 0 atom stereocenters. The zero-order chi connectivity index (χ0) is 17.0. The van der Waals surface area contributed by atoms with Gasteiger partial charge in [-0.3, -0.25) is 0 Å². The van der Waals surface area contributed by atoms with Crippen LogP contribution in [0.4, 0.5) is 5.69 Å². The molecule has 0 unspecified atom stereocenters. The van der Waals surface area contributed by atoms with Crippen molar-refractivity contribution in [1.29, 1.82) is 0 Å². The molecular formula is C17H24N4OS. The highest BCUT2D eigenvalue weighted by Crippen LogP contribution is 2.32. The molecule has 0 saturated heterocycles. The van der Waals surface area contributed by atoms with Gasteiger partial charge in [-0.25, -0.2) is 4.99 Å². The van der Waals surface area contributed by atoms with E-state index in [0.29, 0.717) is 11.1 Å². The number of aryl methyl sites for hydroxylation is 2. The van der Waals surface area contributed by atoms with Crippen molar-refractivity contribution in [3.8, 4) is 10.9 Å². The van der Waals surface area contributed by atoms with Crippen molar-refractivity contribution in [2.45, 2.75) is 40.5 Å². The maximum absolute atomic E-state index is 5.91. The number of hydrogen-bond acceptors (Lipinski definition) is 5. The summed E-state index contributed by atoms with van der Waals surface area (Å²) < 4.78 is 10.2. The molecule has 0 aliphatic rings. The van der Waals surface area contributed by atoms with E-state index in [-0.39, 0.29) is 0 Å². The van der Waals surface area contributed by atoms with Crippen LogP contribution in [0.1, 0.15) is 43.6 Å². The third kappa shape index (κ3) is 4.51. The first-order valence-electron chi connectivity index (χ1n) is 7.77. The number of ether oxygens (including phenoxy) is 1. The second-order valence-corrected chi connectivity index (χ2v) is 6.61. The Bertz CT molecular complexity index is 694. The molecule has 0 saturated carbocycles. The number of benzene rings is 1. The molecule has 0 radical (unpaired) electrons. The molecule has 0 aliphatic carbocycles. The van der Waals surface area contributed by atoms with Crippen molar-refractivity contribution < 1.29 is 4.74 Å². The van der Waals surface area contributed by atoms with Crippen LogP contribution < -0.4 is 4.74 Å². The van der Waals surface area contributed by atoms with Crippen LogP contribution in [-0.2, 0) is 0 Å². The van der Waals surface area contributed by atoms with Crippen LogP contribution in [0.2, 0.25) is 0 Å². The Morgan fingerprint density at radius 3 is 2.65 bits per heavy atom. The molecule has 1 aromatic heterocycles. The first-order chi connectivity index (χ1) is 10.9. The second-order valence-electron chi connectivity index (χ2n) is 5.90. The molecule has 1 heterocycles. The van der Waals surface area contributed by atoms with Crippen LogP contribution in [-0.4, -0.2) is 34.2 Å². The fraction of sp³-hybridized carbons (Fsp3) is 0.471. The summed E-state index contributed by atoms with van der Waals surface area (Å²) in [5, 5.41) is 0.582. The van der Waals surface area contributed by atoms with Gasteiger partial charge >= 0.3 is 0 Å².